The Morgan fingerprint density at radius 3 is 2.57 bits per heavy atom. The van der Waals surface area contributed by atoms with Crippen LogP contribution in [0.5, 0.6) is 0 Å². The standard InChI is InChI=1S/C3H10NO2P/c5-2-1-4-7-3-6/h4-7H,1-3H2. The summed E-state index contributed by atoms with van der Waals surface area (Å²) in [6.45, 7) is 0.728. The Morgan fingerprint density at radius 1 is 1.43 bits per heavy atom. The summed E-state index contributed by atoms with van der Waals surface area (Å²) in [5.74, 6) is 0. The molecule has 4 heteroatoms. The van der Waals surface area contributed by atoms with Gasteiger partial charge in [0.05, 0.1) is 13.0 Å². The van der Waals surface area contributed by atoms with Crippen molar-refractivity contribution in [1.82, 2.24) is 5.09 Å². The summed E-state index contributed by atoms with van der Waals surface area (Å²) in [5.41, 5.74) is 0. The van der Waals surface area contributed by atoms with Gasteiger partial charge < -0.3 is 10.2 Å². The van der Waals surface area contributed by atoms with Crippen LogP contribution in [0.3, 0.4) is 0 Å². The molecule has 1 unspecified atom stereocenters. The topological polar surface area (TPSA) is 52.5 Å². The molecule has 0 fully saturated rings. The van der Waals surface area contributed by atoms with Gasteiger partial charge in [0.1, 0.15) is 0 Å². The average molecular weight is 123 g/mol. The van der Waals surface area contributed by atoms with Crippen LogP contribution >= 0.6 is 8.73 Å². The molecular formula is C3H10NO2P. The second kappa shape index (κ2) is 6.31. The van der Waals surface area contributed by atoms with E-state index < -0.39 is 0 Å². The second-order valence-corrected chi connectivity index (χ2v) is 2.01. The molecule has 0 heterocycles. The van der Waals surface area contributed by atoms with Crippen LogP contribution in [-0.2, 0) is 0 Å². The Bertz CT molecular complexity index is 32.1. The number of nitrogens with one attached hydrogen (secondary N) is 1. The van der Waals surface area contributed by atoms with Crippen molar-refractivity contribution in [2.45, 2.75) is 0 Å². The number of aliphatic hydroxyl groups excluding tert-OH is 2. The lowest BCUT2D eigenvalue weighted by Crippen LogP contribution is -2.07. The summed E-state index contributed by atoms with van der Waals surface area (Å²) < 4.78 is 0. The lowest BCUT2D eigenvalue weighted by molar-refractivity contribution is 0.301. The van der Waals surface area contributed by atoms with Gasteiger partial charge in [0.25, 0.3) is 0 Å². The smallest absolute Gasteiger partial charge is 0.0731 e. The fourth-order valence-electron chi connectivity index (χ4n) is 0.200. The third-order valence-electron chi connectivity index (χ3n) is 0.441. The molecule has 3 nitrogen and oxygen atoms in total. The van der Waals surface area contributed by atoms with Gasteiger partial charge in [-0.15, -0.1) is 0 Å². The minimum absolute atomic E-state index is 0.146. The zero-order chi connectivity index (χ0) is 5.54. The maximum atomic E-state index is 8.16. The van der Waals surface area contributed by atoms with E-state index in [2.05, 4.69) is 5.09 Å². The van der Waals surface area contributed by atoms with Crippen LogP contribution in [0, 0.1) is 0 Å². The Labute approximate surface area is 44.6 Å². The van der Waals surface area contributed by atoms with Gasteiger partial charge in [-0.05, 0) is 8.73 Å². The molecule has 0 radical (unpaired) electrons. The lowest BCUT2D eigenvalue weighted by atomic mass is 10.8. The van der Waals surface area contributed by atoms with Crippen molar-refractivity contribution in [3.05, 3.63) is 0 Å². The Kier molecular flexibility index (Phi) is 6.59. The summed E-state index contributed by atoms with van der Waals surface area (Å²) >= 11 is 0. The SMILES string of the molecule is OCCNPCO. The molecule has 0 aliphatic heterocycles. The first-order chi connectivity index (χ1) is 3.41. The molecule has 1 atom stereocenters. The van der Waals surface area contributed by atoms with Crippen molar-refractivity contribution in [2.24, 2.45) is 0 Å². The minimum Gasteiger partial charge on any atom is -0.395 e. The van der Waals surface area contributed by atoms with Gasteiger partial charge in [-0.1, -0.05) is 0 Å². The summed E-state index contributed by atoms with van der Waals surface area (Å²) in [7, 11) is 0.367. The molecule has 0 amide bonds. The highest BCUT2D eigenvalue weighted by molar-refractivity contribution is 7.35. The molecule has 0 aliphatic rings. The lowest BCUT2D eigenvalue weighted by Gasteiger charge is -1.94. The second-order valence-electron chi connectivity index (χ2n) is 0.985. The Hall–Kier alpha value is 0.310. The molecule has 0 saturated carbocycles. The van der Waals surface area contributed by atoms with E-state index in [0.29, 0.717) is 15.3 Å². The maximum Gasteiger partial charge on any atom is 0.0731 e. The number of hydrogen-bond donors (Lipinski definition) is 3. The fourth-order valence-corrected chi connectivity index (χ4v) is 0.601. The van der Waals surface area contributed by atoms with E-state index in [1.807, 2.05) is 0 Å². The van der Waals surface area contributed by atoms with Gasteiger partial charge >= 0.3 is 0 Å². The van der Waals surface area contributed by atoms with Crippen molar-refractivity contribution < 1.29 is 10.2 Å². The van der Waals surface area contributed by atoms with Gasteiger partial charge in [-0.2, -0.15) is 0 Å². The Balaban J connectivity index is 2.45. The van der Waals surface area contributed by atoms with E-state index in [4.69, 9.17) is 10.2 Å². The highest BCUT2D eigenvalue weighted by Crippen LogP contribution is 1.95. The number of hydrogen-bond acceptors (Lipinski definition) is 3. The largest absolute Gasteiger partial charge is 0.395 e. The molecular weight excluding hydrogens is 113 g/mol. The highest BCUT2D eigenvalue weighted by Gasteiger charge is 1.77. The van der Waals surface area contributed by atoms with Crippen molar-refractivity contribution in [3.8, 4) is 0 Å². The molecule has 0 aromatic carbocycles. The summed E-state index contributed by atoms with van der Waals surface area (Å²) in [6, 6.07) is 0. The third kappa shape index (κ3) is 6.31. The maximum absolute atomic E-state index is 8.16. The molecule has 0 rings (SSSR count). The van der Waals surface area contributed by atoms with Crippen LogP contribution < -0.4 is 5.09 Å². The molecule has 7 heavy (non-hydrogen) atoms. The zero-order valence-electron chi connectivity index (χ0n) is 4.02. The first-order valence-electron chi connectivity index (χ1n) is 2.09. The normalized spacial score (nSPS) is 11.1. The van der Waals surface area contributed by atoms with Gasteiger partial charge in [0.15, 0.2) is 0 Å². The average Bonchev–Trinajstić information content (AvgIpc) is 1.69. The van der Waals surface area contributed by atoms with E-state index in [0.717, 1.165) is 0 Å². The van der Waals surface area contributed by atoms with Crippen LogP contribution in [0.2, 0.25) is 0 Å². The number of rotatable bonds is 4. The van der Waals surface area contributed by atoms with Crippen LogP contribution in [0.4, 0.5) is 0 Å². The number of aliphatic hydroxyl groups is 2. The van der Waals surface area contributed by atoms with E-state index in [9.17, 15) is 0 Å². The Morgan fingerprint density at radius 2 is 2.14 bits per heavy atom. The van der Waals surface area contributed by atoms with Crippen molar-refractivity contribution in [2.75, 3.05) is 19.5 Å². The molecule has 0 spiro atoms. The molecule has 3 N–H and O–H groups in total. The highest BCUT2D eigenvalue weighted by atomic mass is 31.1. The minimum atomic E-state index is 0.146. The van der Waals surface area contributed by atoms with Gasteiger partial charge in [0, 0.05) is 6.54 Å². The zero-order valence-corrected chi connectivity index (χ0v) is 5.02. The predicted octanol–water partition coefficient (Wildman–Crippen LogP) is -0.888. The van der Waals surface area contributed by atoms with Crippen molar-refractivity contribution in [1.29, 1.82) is 0 Å². The van der Waals surface area contributed by atoms with E-state index in [1.54, 1.807) is 0 Å². The van der Waals surface area contributed by atoms with Gasteiger partial charge in [-0.25, -0.2) is 0 Å². The quantitative estimate of drug-likeness (QED) is 0.336. The molecule has 0 saturated heterocycles. The summed E-state index contributed by atoms with van der Waals surface area (Å²) in [4.78, 5) is 0. The predicted molar refractivity (Wildman–Crippen MR) is 30.5 cm³/mol. The monoisotopic (exact) mass is 123 g/mol. The van der Waals surface area contributed by atoms with E-state index in [1.165, 1.54) is 0 Å². The first kappa shape index (κ1) is 7.31. The third-order valence-corrected chi connectivity index (χ3v) is 1.10. The van der Waals surface area contributed by atoms with Crippen molar-refractivity contribution >= 4 is 8.73 Å². The van der Waals surface area contributed by atoms with Crippen LogP contribution in [-0.4, -0.2) is 29.7 Å². The molecule has 0 aromatic heterocycles. The van der Waals surface area contributed by atoms with Crippen molar-refractivity contribution in [3.63, 3.8) is 0 Å². The van der Waals surface area contributed by atoms with Crippen LogP contribution in [0.15, 0.2) is 0 Å². The molecule has 0 aliphatic carbocycles. The molecule has 44 valence electrons. The molecule has 0 bridgehead atoms. The van der Waals surface area contributed by atoms with E-state index >= 15 is 0 Å². The van der Waals surface area contributed by atoms with Gasteiger partial charge in [0.2, 0.25) is 0 Å². The van der Waals surface area contributed by atoms with Gasteiger partial charge in [-0.3, -0.25) is 5.09 Å². The first-order valence-corrected chi connectivity index (χ1v) is 3.30. The molecule has 0 aromatic rings. The summed E-state index contributed by atoms with van der Waals surface area (Å²) in [5, 5.41) is 19.1. The van der Waals surface area contributed by atoms with E-state index in [-0.39, 0.29) is 13.0 Å². The fraction of sp³-hybridized carbons (Fsp3) is 1.00. The van der Waals surface area contributed by atoms with Crippen LogP contribution in [0.25, 0.3) is 0 Å². The summed E-state index contributed by atoms with van der Waals surface area (Å²) in [6.07, 6.45) is 0.167. The van der Waals surface area contributed by atoms with Crippen LogP contribution in [0.1, 0.15) is 0 Å².